The van der Waals surface area contributed by atoms with E-state index in [2.05, 4.69) is 5.32 Å². The van der Waals surface area contributed by atoms with E-state index in [1.54, 1.807) is 23.1 Å². The maximum absolute atomic E-state index is 12.5. The quantitative estimate of drug-likeness (QED) is 0.865. The van der Waals surface area contributed by atoms with Crippen LogP contribution < -0.4 is 5.32 Å². The van der Waals surface area contributed by atoms with Crippen LogP contribution in [0.15, 0.2) is 18.2 Å². The van der Waals surface area contributed by atoms with Gasteiger partial charge in [0.15, 0.2) is 0 Å². The maximum Gasteiger partial charge on any atom is 0.255 e. The van der Waals surface area contributed by atoms with Crippen molar-refractivity contribution in [3.05, 3.63) is 33.8 Å². The molecule has 24 heavy (non-hydrogen) atoms. The zero-order chi connectivity index (χ0) is 17.7. The number of piperidine rings is 1. The van der Waals surface area contributed by atoms with Crippen molar-refractivity contribution in [1.82, 2.24) is 10.2 Å². The molecule has 1 aromatic rings. The van der Waals surface area contributed by atoms with E-state index in [9.17, 15) is 14.4 Å². The van der Waals surface area contributed by atoms with Crippen LogP contribution in [-0.4, -0.2) is 41.6 Å². The van der Waals surface area contributed by atoms with Crippen LogP contribution in [0.25, 0.3) is 0 Å². The molecule has 130 valence electrons. The number of hydrogen-bond donors (Lipinski definition) is 1. The standard InChI is InChI=1S/C17H20Cl2N2O3/c1-11(22)2-5-16(23)20-13-6-8-21(9-7-13)17(24)14-10-12(18)3-4-15(14)19/h3-4,10,13H,2,5-9H2,1H3,(H,20,23). The van der Waals surface area contributed by atoms with E-state index in [0.717, 1.165) is 0 Å². The van der Waals surface area contributed by atoms with Crippen LogP contribution in [0.1, 0.15) is 43.0 Å². The Morgan fingerprint density at radius 1 is 1.17 bits per heavy atom. The fraction of sp³-hybridized carbons (Fsp3) is 0.471. The number of Topliss-reactive ketones (excluding diaryl/α,β-unsaturated/α-hetero) is 1. The molecule has 0 atom stereocenters. The first kappa shape index (κ1) is 18.7. The predicted molar refractivity (Wildman–Crippen MR) is 93.4 cm³/mol. The molecule has 0 unspecified atom stereocenters. The number of hydrogen-bond acceptors (Lipinski definition) is 3. The summed E-state index contributed by atoms with van der Waals surface area (Å²) in [4.78, 5) is 36.9. The van der Waals surface area contributed by atoms with Crippen molar-refractivity contribution in [2.45, 2.75) is 38.6 Å². The number of ketones is 1. The summed E-state index contributed by atoms with van der Waals surface area (Å²) in [5, 5.41) is 3.76. The first-order valence-electron chi connectivity index (χ1n) is 7.90. The Kier molecular flexibility index (Phi) is 6.63. The van der Waals surface area contributed by atoms with Gasteiger partial charge in [0, 0.05) is 37.0 Å². The highest BCUT2D eigenvalue weighted by Crippen LogP contribution is 2.23. The summed E-state index contributed by atoms with van der Waals surface area (Å²) < 4.78 is 0. The SMILES string of the molecule is CC(=O)CCC(=O)NC1CCN(C(=O)c2cc(Cl)ccc2Cl)CC1. The molecule has 0 saturated carbocycles. The van der Waals surface area contributed by atoms with Gasteiger partial charge >= 0.3 is 0 Å². The molecule has 5 nitrogen and oxygen atoms in total. The van der Waals surface area contributed by atoms with Crippen molar-refractivity contribution in [2.75, 3.05) is 13.1 Å². The highest BCUT2D eigenvalue weighted by molar-refractivity contribution is 6.35. The summed E-state index contributed by atoms with van der Waals surface area (Å²) in [6.07, 6.45) is 1.83. The number of nitrogens with zero attached hydrogens (tertiary/aromatic N) is 1. The fourth-order valence-electron chi connectivity index (χ4n) is 2.65. The second kappa shape index (κ2) is 8.49. The third-order valence-corrected chi connectivity index (χ3v) is 4.57. The Hall–Kier alpha value is -1.59. The second-order valence-electron chi connectivity index (χ2n) is 5.96. The van der Waals surface area contributed by atoms with Gasteiger partial charge in [0.05, 0.1) is 10.6 Å². The second-order valence-corrected chi connectivity index (χ2v) is 6.80. The molecule has 0 spiro atoms. The molecule has 0 aliphatic carbocycles. The topological polar surface area (TPSA) is 66.5 Å². The average Bonchev–Trinajstić information content (AvgIpc) is 2.55. The third kappa shape index (κ3) is 5.21. The van der Waals surface area contributed by atoms with Crippen molar-refractivity contribution < 1.29 is 14.4 Å². The molecule has 0 aromatic heterocycles. The van der Waals surface area contributed by atoms with Crippen LogP contribution >= 0.6 is 23.2 Å². The van der Waals surface area contributed by atoms with Crippen molar-refractivity contribution >= 4 is 40.8 Å². The lowest BCUT2D eigenvalue weighted by Crippen LogP contribution is -2.46. The number of carbonyl (C=O) groups excluding carboxylic acids is 3. The van der Waals surface area contributed by atoms with Gasteiger partial charge in [-0.1, -0.05) is 23.2 Å². The maximum atomic E-state index is 12.5. The molecule has 0 radical (unpaired) electrons. The van der Waals surface area contributed by atoms with E-state index in [1.807, 2.05) is 0 Å². The minimum Gasteiger partial charge on any atom is -0.353 e. The van der Waals surface area contributed by atoms with Gasteiger partial charge in [-0.2, -0.15) is 0 Å². The Morgan fingerprint density at radius 2 is 1.83 bits per heavy atom. The number of rotatable bonds is 5. The van der Waals surface area contributed by atoms with Crippen molar-refractivity contribution in [1.29, 1.82) is 0 Å². The molecule has 1 saturated heterocycles. The molecular formula is C17H20Cl2N2O3. The summed E-state index contributed by atoms with van der Waals surface area (Å²) in [6.45, 7) is 2.55. The highest BCUT2D eigenvalue weighted by atomic mass is 35.5. The minimum absolute atomic E-state index is 0.00367. The van der Waals surface area contributed by atoms with E-state index in [0.29, 0.717) is 41.5 Å². The van der Waals surface area contributed by atoms with Gasteiger partial charge in [0.25, 0.3) is 5.91 Å². The molecule has 1 aliphatic rings. The molecule has 7 heteroatoms. The Bertz CT molecular complexity index is 641. The Morgan fingerprint density at radius 3 is 2.46 bits per heavy atom. The van der Waals surface area contributed by atoms with Gasteiger partial charge in [-0.3, -0.25) is 9.59 Å². The summed E-state index contributed by atoms with van der Waals surface area (Å²) in [6, 6.07) is 4.85. The van der Waals surface area contributed by atoms with E-state index in [1.165, 1.54) is 6.92 Å². The highest BCUT2D eigenvalue weighted by Gasteiger charge is 2.25. The van der Waals surface area contributed by atoms with Crippen LogP contribution in [0.2, 0.25) is 10.0 Å². The average molecular weight is 371 g/mol. The van der Waals surface area contributed by atoms with Crippen LogP contribution in [0.4, 0.5) is 0 Å². The van der Waals surface area contributed by atoms with Crippen molar-refractivity contribution in [3.63, 3.8) is 0 Å². The smallest absolute Gasteiger partial charge is 0.255 e. The van der Waals surface area contributed by atoms with Crippen molar-refractivity contribution in [3.8, 4) is 0 Å². The van der Waals surface area contributed by atoms with Crippen LogP contribution in [0.3, 0.4) is 0 Å². The van der Waals surface area contributed by atoms with Crippen molar-refractivity contribution in [2.24, 2.45) is 0 Å². The zero-order valence-corrected chi connectivity index (χ0v) is 15.0. The van der Waals surface area contributed by atoms with Gasteiger partial charge in [-0.05, 0) is 38.0 Å². The summed E-state index contributed by atoms with van der Waals surface area (Å²) in [5.41, 5.74) is 0.396. The summed E-state index contributed by atoms with van der Waals surface area (Å²) >= 11 is 12.0. The number of carbonyl (C=O) groups is 3. The van der Waals surface area contributed by atoms with E-state index >= 15 is 0 Å². The molecule has 1 N–H and O–H groups in total. The lowest BCUT2D eigenvalue weighted by atomic mass is 10.0. The van der Waals surface area contributed by atoms with Gasteiger partial charge in [0.2, 0.25) is 5.91 Å². The first-order valence-corrected chi connectivity index (χ1v) is 8.65. The predicted octanol–water partition coefficient (Wildman–Crippen LogP) is 3.08. The summed E-state index contributed by atoms with van der Waals surface area (Å²) in [5.74, 6) is -0.263. The van der Waals surface area contributed by atoms with Gasteiger partial charge < -0.3 is 15.0 Å². The van der Waals surface area contributed by atoms with E-state index in [4.69, 9.17) is 23.2 Å². The largest absolute Gasteiger partial charge is 0.353 e. The van der Waals surface area contributed by atoms with E-state index < -0.39 is 0 Å². The van der Waals surface area contributed by atoms with Gasteiger partial charge in [-0.25, -0.2) is 0 Å². The molecule has 2 rings (SSSR count). The fourth-order valence-corrected chi connectivity index (χ4v) is 3.02. The van der Waals surface area contributed by atoms with Crippen LogP contribution in [0.5, 0.6) is 0 Å². The Labute approximate surface area is 151 Å². The molecule has 1 heterocycles. The van der Waals surface area contributed by atoms with Crippen LogP contribution in [-0.2, 0) is 9.59 Å². The summed E-state index contributed by atoms with van der Waals surface area (Å²) in [7, 11) is 0. The molecule has 2 amide bonds. The normalized spacial score (nSPS) is 15.2. The van der Waals surface area contributed by atoms with Gasteiger partial charge in [0.1, 0.15) is 5.78 Å². The number of nitrogens with one attached hydrogen (secondary N) is 1. The number of benzene rings is 1. The van der Waals surface area contributed by atoms with Gasteiger partial charge in [-0.15, -0.1) is 0 Å². The number of likely N-dealkylation sites (tertiary alicyclic amines) is 1. The number of halogens is 2. The number of amides is 2. The molecule has 1 aliphatic heterocycles. The molecule has 0 bridgehead atoms. The Balaban J connectivity index is 1.86. The molecular weight excluding hydrogens is 351 g/mol. The lowest BCUT2D eigenvalue weighted by molar-refractivity contribution is -0.125. The monoisotopic (exact) mass is 370 g/mol. The lowest BCUT2D eigenvalue weighted by Gasteiger charge is -2.32. The third-order valence-electron chi connectivity index (χ3n) is 4.01. The first-order chi connectivity index (χ1) is 11.4. The van der Waals surface area contributed by atoms with E-state index in [-0.39, 0.29) is 36.5 Å². The zero-order valence-electron chi connectivity index (χ0n) is 13.5. The molecule has 1 aromatic carbocycles. The minimum atomic E-state index is -0.149. The van der Waals surface area contributed by atoms with Crippen LogP contribution in [0, 0.1) is 0 Å². The molecule has 1 fully saturated rings.